The number of rotatable bonds is 5. The largest absolute Gasteiger partial charge is 0.490 e. The monoisotopic (exact) mass is 532 g/mol. The Labute approximate surface area is 206 Å². The summed E-state index contributed by atoms with van der Waals surface area (Å²) in [5.41, 5.74) is 3.07. The van der Waals surface area contributed by atoms with Gasteiger partial charge >= 0.3 is 0 Å². The lowest BCUT2D eigenvalue weighted by atomic mass is 10.1. The van der Waals surface area contributed by atoms with E-state index < -0.39 is 5.82 Å². The number of imidazole rings is 1. The minimum atomic E-state index is -0.470. The number of hydrogen-bond acceptors (Lipinski definition) is 6. The van der Waals surface area contributed by atoms with Gasteiger partial charge in [-0.2, -0.15) is 0 Å². The summed E-state index contributed by atoms with van der Waals surface area (Å²) in [5.74, 6) is 0.848. The van der Waals surface area contributed by atoms with Crippen molar-refractivity contribution in [3.63, 3.8) is 0 Å². The Morgan fingerprint density at radius 2 is 1.97 bits per heavy atom. The van der Waals surface area contributed by atoms with Crippen LogP contribution in [0.25, 0.3) is 22.2 Å². The van der Waals surface area contributed by atoms with Gasteiger partial charge in [0, 0.05) is 29.9 Å². The average molecular weight is 534 g/mol. The van der Waals surface area contributed by atoms with E-state index in [2.05, 4.69) is 25.6 Å². The molecule has 3 heterocycles. The highest BCUT2D eigenvalue weighted by atomic mass is 79.9. The standard InChI is InChI=1S/C23H22ClFN6O.BrH/c1-31-11-21(29-13-31)16-9-20-17(10-22(16)32-15-4-6-26-7-5-15)23(28-12-27-20)30-14-2-3-19(25)18(24)8-14;/h2-3,8-13,15,26H,4-7H2,1H3,(H,27,28,30);1H. The van der Waals surface area contributed by atoms with E-state index in [0.717, 1.165) is 53.8 Å². The third-order valence-corrected chi connectivity index (χ3v) is 5.77. The molecule has 4 aromatic rings. The first kappa shape index (κ1) is 23.4. The van der Waals surface area contributed by atoms with E-state index in [1.807, 2.05) is 29.9 Å². The summed E-state index contributed by atoms with van der Waals surface area (Å²) in [6, 6.07) is 8.38. The number of halogens is 3. The number of fused-ring (bicyclic) bond motifs is 1. The van der Waals surface area contributed by atoms with Crippen LogP contribution in [0.4, 0.5) is 15.9 Å². The number of ether oxygens (including phenoxy) is 1. The molecule has 2 aromatic carbocycles. The first-order valence-corrected chi connectivity index (χ1v) is 10.8. The summed E-state index contributed by atoms with van der Waals surface area (Å²) in [7, 11) is 1.93. The predicted molar refractivity (Wildman–Crippen MR) is 133 cm³/mol. The molecule has 5 rings (SSSR count). The average Bonchev–Trinajstić information content (AvgIpc) is 3.23. The Hall–Kier alpha value is -2.75. The highest BCUT2D eigenvalue weighted by molar-refractivity contribution is 8.93. The normalized spacial score (nSPS) is 14.2. The van der Waals surface area contributed by atoms with Crippen molar-refractivity contribution in [2.24, 2.45) is 7.05 Å². The highest BCUT2D eigenvalue weighted by Crippen LogP contribution is 2.37. The van der Waals surface area contributed by atoms with E-state index in [9.17, 15) is 4.39 Å². The van der Waals surface area contributed by atoms with Gasteiger partial charge in [-0.05, 0) is 56.3 Å². The zero-order valence-corrected chi connectivity index (χ0v) is 20.4. The van der Waals surface area contributed by atoms with Crippen molar-refractivity contribution in [3.05, 3.63) is 60.0 Å². The number of piperidine rings is 1. The number of aryl methyl sites for hydroxylation is 1. The van der Waals surface area contributed by atoms with Gasteiger partial charge in [-0.3, -0.25) is 0 Å². The van der Waals surface area contributed by atoms with Gasteiger partial charge in [-0.1, -0.05) is 11.6 Å². The molecule has 2 N–H and O–H groups in total. The molecule has 0 atom stereocenters. The van der Waals surface area contributed by atoms with Crippen molar-refractivity contribution in [3.8, 4) is 17.0 Å². The van der Waals surface area contributed by atoms with Gasteiger partial charge < -0.3 is 19.9 Å². The summed E-state index contributed by atoms with van der Waals surface area (Å²) in [6.07, 6.45) is 7.20. The number of aromatic nitrogens is 4. The molecule has 0 saturated carbocycles. The van der Waals surface area contributed by atoms with Gasteiger partial charge in [0.2, 0.25) is 0 Å². The van der Waals surface area contributed by atoms with Gasteiger partial charge in [0.25, 0.3) is 0 Å². The third-order valence-electron chi connectivity index (χ3n) is 5.48. The Bertz CT molecular complexity index is 1280. The molecular weight excluding hydrogens is 511 g/mol. The van der Waals surface area contributed by atoms with Gasteiger partial charge in [0.1, 0.15) is 29.8 Å². The quantitative estimate of drug-likeness (QED) is 0.364. The number of anilines is 2. The molecule has 10 heteroatoms. The molecule has 0 radical (unpaired) electrons. The van der Waals surface area contributed by atoms with Crippen molar-refractivity contribution >= 4 is 51.0 Å². The molecule has 0 bridgehead atoms. The second kappa shape index (κ2) is 10.0. The Morgan fingerprint density at radius 3 is 2.70 bits per heavy atom. The van der Waals surface area contributed by atoms with Crippen LogP contribution in [0.3, 0.4) is 0 Å². The summed E-state index contributed by atoms with van der Waals surface area (Å²) >= 11 is 5.94. The van der Waals surface area contributed by atoms with E-state index in [1.165, 1.54) is 18.5 Å². The zero-order chi connectivity index (χ0) is 22.1. The van der Waals surface area contributed by atoms with E-state index in [-0.39, 0.29) is 28.1 Å². The van der Waals surface area contributed by atoms with E-state index >= 15 is 0 Å². The van der Waals surface area contributed by atoms with Gasteiger partial charge in [0.15, 0.2) is 0 Å². The van der Waals surface area contributed by atoms with Crippen LogP contribution in [-0.4, -0.2) is 38.7 Å². The lowest BCUT2D eigenvalue weighted by Gasteiger charge is -2.25. The number of nitrogens with zero attached hydrogens (tertiary/aromatic N) is 4. The zero-order valence-electron chi connectivity index (χ0n) is 17.9. The van der Waals surface area contributed by atoms with Crippen LogP contribution in [0.5, 0.6) is 5.75 Å². The summed E-state index contributed by atoms with van der Waals surface area (Å²) < 4.78 is 21.9. The van der Waals surface area contributed by atoms with Crippen molar-refractivity contribution in [2.45, 2.75) is 18.9 Å². The molecular formula is C23H23BrClFN6O. The molecule has 1 aliphatic rings. The fraction of sp³-hybridized carbons (Fsp3) is 0.261. The van der Waals surface area contributed by atoms with Crippen LogP contribution in [0, 0.1) is 5.82 Å². The molecule has 2 aromatic heterocycles. The molecule has 33 heavy (non-hydrogen) atoms. The Morgan fingerprint density at radius 1 is 1.15 bits per heavy atom. The lowest BCUT2D eigenvalue weighted by Crippen LogP contribution is -2.34. The van der Waals surface area contributed by atoms with E-state index in [1.54, 1.807) is 12.4 Å². The highest BCUT2D eigenvalue weighted by Gasteiger charge is 2.20. The molecule has 0 unspecified atom stereocenters. The van der Waals surface area contributed by atoms with Crippen LogP contribution in [-0.2, 0) is 7.05 Å². The molecule has 0 spiro atoms. The fourth-order valence-corrected chi connectivity index (χ4v) is 4.02. The van der Waals surface area contributed by atoms with Crippen molar-refractivity contribution in [1.82, 2.24) is 24.8 Å². The second-order valence-electron chi connectivity index (χ2n) is 7.83. The van der Waals surface area contributed by atoms with Crippen LogP contribution in [0.1, 0.15) is 12.8 Å². The molecule has 172 valence electrons. The van der Waals surface area contributed by atoms with Gasteiger partial charge in [-0.25, -0.2) is 19.3 Å². The summed E-state index contributed by atoms with van der Waals surface area (Å²) in [4.78, 5) is 13.4. The maximum Gasteiger partial charge on any atom is 0.141 e. The Kier molecular flexibility index (Phi) is 7.11. The van der Waals surface area contributed by atoms with Crippen molar-refractivity contribution in [2.75, 3.05) is 18.4 Å². The van der Waals surface area contributed by atoms with Crippen molar-refractivity contribution < 1.29 is 9.13 Å². The van der Waals surface area contributed by atoms with Crippen LogP contribution in [0.2, 0.25) is 5.02 Å². The third kappa shape index (κ3) is 5.10. The topological polar surface area (TPSA) is 76.9 Å². The lowest BCUT2D eigenvalue weighted by molar-refractivity contribution is 0.163. The van der Waals surface area contributed by atoms with E-state index in [4.69, 9.17) is 16.3 Å². The molecule has 0 aliphatic carbocycles. The molecule has 0 amide bonds. The molecule has 1 fully saturated rings. The number of benzene rings is 2. The number of nitrogens with one attached hydrogen (secondary N) is 2. The first-order valence-electron chi connectivity index (χ1n) is 10.4. The van der Waals surface area contributed by atoms with Crippen LogP contribution >= 0.6 is 28.6 Å². The second-order valence-corrected chi connectivity index (χ2v) is 8.24. The predicted octanol–water partition coefficient (Wildman–Crippen LogP) is 5.28. The van der Waals surface area contributed by atoms with Crippen LogP contribution < -0.4 is 15.4 Å². The maximum absolute atomic E-state index is 13.6. The maximum atomic E-state index is 13.6. The molecule has 7 nitrogen and oxygen atoms in total. The SMILES string of the molecule is Br.Cn1cnc(-c2cc3ncnc(Nc4ccc(F)c(Cl)c4)c3cc2OC2CCNCC2)c1. The van der Waals surface area contributed by atoms with E-state index in [0.29, 0.717) is 11.5 Å². The fourth-order valence-electron chi connectivity index (χ4n) is 3.84. The minimum absolute atomic E-state index is 0. The molecule has 1 aliphatic heterocycles. The minimum Gasteiger partial charge on any atom is -0.490 e. The number of hydrogen-bond donors (Lipinski definition) is 2. The summed E-state index contributed by atoms with van der Waals surface area (Å²) in [5, 5.41) is 7.41. The van der Waals surface area contributed by atoms with Gasteiger partial charge in [0.05, 0.1) is 22.6 Å². The van der Waals surface area contributed by atoms with Crippen molar-refractivity contribution in [1.29, 1.82) is 0 Å². The smallest absolute Gasteiger partial charge is 0.141 e. The Balaban J connectivity index is 0.00000259. The van der Waals surface area contributed by atoms with Gasteiger partial charge in [-0.15, -0.1) is 17.0 Å². The molecule has 1 saturated heterocycles. The first-order chi connectivity index (χ1) is 15.6. The van der Waals surface area contributed by atoms with Crippen LogP contribution in [0.15, 0.2) is 49.2 Å². The summed E-state index contributed by atoms with van der Waals surface area (Å²) in [6.45, 7) is 1.86.